The molecular weight excluding hydrogens is 474 g/mol. The summed E-state index contributed by atoms with van der Waals surface area (Å²) in [5.41, 5.74) is 0.928. The zero-order chi connectivity index (χ0) is 24.2. The number of sulfonamides is 2. The molecule has 1 amide bonds. The van der Waals surface area contributed by atoms with E-state index in [1.807, 2.05) is 0 Å². The average molecular weight is 506 g/mol. The minimum atomic E-state index is -3.61. The molecule has 0 saturated carbocycles. The number of amides is 1. The van der Waals surface area contributed by atoms with Crippen LogP contribution in [0.15, 0.2) is 64.4 Å². The van der Waals surface area contributed by atoms with Crippen LogP contribution in [0.3, 0.4) is 0 Å². The van der Waals surface area contributed by atoms with Gasteiger partial charge in [0.25, 0.3) is 0 Å². The number of rotatable bonds is 8. The normalized spacial score (nSPS) is 20.3. The number of nitrogens with one attached hydrogen (secondary N) is 1. The number of hydrogen-bond donors (Lipinski definition) is 1. The standard InChI is InChI=1S/C24H31N3O5S2/c28-24(21-7-6-18-27(19-21)34(31,32)22-8-2-1-3-9-22)25-15-14-20-10-12-23(13-11-20)33(29,30)26-16-4-5-17-26/h1-3,8-13,21H,4-7,14-19H2,(H,25,28). The van der Waals surface area contributed by atoms with Crippen LogP contribution >= 0.6 is 0 Å². The molecular formula is C24H31N3O5S2. The van der Waals surface area contributed by atoms with Gasteiger partial charge in [0.05, 0.1) is 15.7 Å². The Morgan fingerprint density at radius 3 is 2.06 bits per heavy atom. The van der Waals surface area contributed by atoms with Crippen LogP contribution in [-0.2, 0) is 31.3 Å². The van der Waals surface area contributed by atoms with Gasteiger partial charge in [0.2, 0.25) is 26.0 Å². The Morgan fingerprint density at radius 2 is 1.38 bits per heavy atom. The SMILES string of the molecule is O=C(NCCc1ccc(S(=O)(=O)N2CCCC2)cc1)C1CCCN(S(=O)(=O)c2ccccc2)C1. The highest BCUT2D eigenvalue weighted by molar-refractivity contribution is 7.89. The van der Waals surface area contributed by atoms with E-state index >= 15 is 0 Å². The van der Waals surface area contributed by atoms with Crippen molar-refractivity contribution in [2.45, 2.75) is 41.9 Å². The van der Waals surface area contributed by atoms with Gasteiger partial charge >= 0.3 is 0 Å². The monoisotopic (exact) mass is 505 g/mol. The number of carbonyl (C=O) groups excluding carboxylic acids is 1. The maximum Gasteiger partial charge on any atom is 0.243 e. The lowest BCUT2D eigenvalue weighted by molar-refractivity contribution is -0.126. The molecule has 2 heterocycles. The molecule has 2 saturated heterocycles. The molecule has 0 bridgehead atoms. The van der Waals surface area contributed by atoms with Gasteiger partial charge in [0.1, 0.15) is 0 Å². The molecule has 1 unspecified atom stereocenters. The van der Waals surface area contributed by atoms with Crippen molar-refractivity contribution in [1.29, 1.82) is 0 Å². The fourth-order valence-electron chi connectivity index (χ4n) is 4.50. The van der Waals surface area contributed by atoms with Crippen molar-refractivity contribution in [2.75, 3.05) is 32.7 Å². The molecule has 10 heteroatoms. The number of nitrogens with zero attached hydrogens (tertiary/aromatic N) is 2. The van der Waals surface area contributed by atoms with Gasteiger partial charge in [-0.25, -0.2) is 16.8 Å². The zero-order valence-corrected chi connectivity index (χ0v) is 20.7. The topological polar surface area (TPSA) is 104 Å². The molecule has 2 aliphatic rings. The first-order valence-electron chi connectivity index (χ1n) is 11.7. The second kappa shape index (κ2) is 10.6. The molecule has 2 aromatic rings. The van der Waals surface area contributed by atoms with Crippen LogP contribution in [0.2, 0.25) is 0 Å². The first-order chi connectivity index (χ1) is 16.3. The molecule has 2 fully saturated rings. The summed E-state index contributed by atoms with van der Waals surface area (Å²) in [5.74, 6) is -0.540. The lowest BCUT2D eigenvalue weighted by atomic mass is 9.99. The van der Waals surface area contributed by atoms with E-state index in [-0.39, 0.29) is 23.3 Å². The molecule has 0 aliphatic carbocycles. The average Bonchev–Trinajstić information content (AvgIpc) is 3.41. The van der Waals surface area contributed by atoms with Gasteiger partial charge in [-0.1, -0.05) is 30.3 Å². The van der Waals surface area contributed by atoms with Crippen molar-refractivity contribution in [3.05, 3.63) is 60.2 Å². The van der Waals surface area contributed by atoms with Gasteiger partial charge in [-0.15, -0.1) is 0 Å². The minimum Gasteiger partial charge on any atom is -0.355 e. The molecule has 2 aromatic carbocycles. The Balaban J connectivity index is 1.29. The summed E-state index contributed by atoms with van der Waals surface area (Å²) in [7, 11) is -7.05. The van der Waals surface area contributed by atoms with Gasteiger partial charge in [0, 0.05) is 32.7 Å². The summed E-state index contributed by atoms with van der Waals surface area (Å²) in [4.78, 5) is 13.2. The summed E-state index contributed by atoms with van der Waals surface area (Å²) in [6.45, 7) is 2.13. The van der Waals surface area contributed by atoms with E-state index in [9.17, 15) is 21.6 Å². The Morgan fingerprint density at radius 1 is 0.794 bits per heavy atom. The third-order valence-corrected chi connectivity index (χ3v) is 10.3. The van der Waals surface area contributed by atoms with Crippen molar-refractivity contribution in [3.8, 4) is 0 Å². The number of hydrogen-bond acceptors (Lipinski definition) is 5. The van der Waals surface area contributed by atoms with Crippen molar-refractivity contribution in [3.63, 3.8) is 0 Å². The van der Waals surface area contributed by atoms with Crippen LogP contribution in [0.1, 0.15) is 31.2 Å². The number of piperidine rings is 1. The highest BCUT2D eigenvalue weighted by Crippen LogP contribution is 2.24. The van der Waals surface area contributed by atoms with Crippen LogP contribution < -0.4 is 5.32 Å². The van der Waals surface area contributed by atoms with Gasteiger partial charge in [-0.3, -0.25) is 4.79 Å². The highest BCUT2D eigenvalue weighted by atomic mass is 32.2. The molecule has 4 rings (SSSR count). The maximum absolute atomic E-state index is 12.9. The largest absolute Gasteiger partial charge is 0.355 e. The molecule has 8 nitrogen and oxygen atoms in total. The molecule has 0 radical (unpaired) electrons. The second-order valence-electron chi connectivity index (χ2n) is 8.81. The predicted octanol–water partition coefficient (Wildman–Crippen LogP) is 2.23. The van der Waals surface area contributed by atoms with Crippen molar-refractivity contribution in [2.24, 2.45) is 5.92 Å². The van der Waals surface area contributed by atoms with Crippen LogP contribution in [0.5, 0.6) is 0 Å². The van der Waals surface area contributed by atoms with Crippen molar-refractivity contribution < 1.29 is 21.6 Å². The lowest BCUT2D eigenvalue weighted by Gasteiger charge is -2.31. The molecule has 1 atom stereocenters. The van der Waals surface area contributed by atoms with E-state index in [0.29, 0.717) is 50.3 Å². The summed E-state index contributed by atoms with van der Waals surface area (Å²) in [5, 5.41) is 2.92. The predicted molar refractivity (Wildman–Crippen MR) is 129 cm³/mol. The van der Waals surface area contributed by atoms with Crippen LogP contribution in [0.25, 0.3) is 0 Å². The summed E-state index contributed by atoms with van der Waals surface area (Å²) >= 11 is 0. The summed E-state index contributed by atoms with van der Waals surface area (Å²) in [6.07, 6.45) is 3.64. The molecule has 0 spiro atoms. The number of benzene rings is 2. The Bertz CT molecular complexity index is 1190. The van der Waals surface area contributed by atoms with Gasteiger partial charge < -0.3 is 5.32 Å². The van der Waals surface area contributed by atoms with Gasteiger partial charge in [-0.2, -0.15) is 8.61 Å². The van der Waals surface area contributed by atoms with Gasteiger partial charge in [-0.05, 0) is 61.9 Å². The van der Waals surface area contributed by atoms with Gasteiger partial charge in [0.15, 0.2) is 0 Å². The third-order valence-electron chi connectivity index (χ3n) is 6.47. The van der Waals surface area contributed by atoms with Crippen molar-refractivity contribution >= 4 is 26.0 Å². The molecule has 34 heavy (non-hydrogen) atoms. The lowest BCUT2D eigenvalue weighted by Crippen LogP contribution is -2.45. The van der Waals surface area contributed by atoms with Crippen LogP contribution in [-0.4, -0.2) is 64.1 Å². The van der Waals surface area contributed by atoms with Crippen LogP contribution in [0, 0.1) is 5.92 Å². The maximum atomic E-state index is 12.9. The van der Waals surface area contributed by atoms with E-state index in [1.54, 1.807) is 54.6 Å². The molecule has 2 aliphatic heterocycles. The van der Waals surface area contributed by atoms with Crippen molar-refractivity contribution in [1.82, 2.24) is 13.9 Å². The third kappa shape index (κ3) is 5.51. The van der Waals surface area contributed by atoms with E-state index in [0.717, 1.165) is 18.4 Å². The number of carbonyl (C=O) groups is 1. The van der Waals surface area contributed by atoms with E-state index in [1.165, 1.54) is 8.61 Å². The molecule has 0 aromatic heterocycles. The fourth-order valence-corrected chi connectivity index (χ4v) is 7.56. The van der Waals surface area contributed by atoms with E-state index in [2.05, 4.69) is 5.32 Å². The highest BCUT2D eigenvalue weighted by Gasteiger charge is 2.33. The molecule has 184 valence electrons. The Kier molecular flexibility index (Phi) is 7.71. The summed E-state index contributed by atoms with van der Waals surface area (Å²) < 4.78 is 54.0. The van der Waals surface area contributed by atoms with Crippen LogP contribution in [0.4, 0.5) is 0 Å². The first-order valence-corrected chi connectivity index (χ1v) is 14.6. The minimum absolute atomic E-state index is 0.152. The zero-order valence-electron chi connectivity index (χ0n) is 19.1. The quantitative estimate of drug-likeness (QED) is 0.593. The smallest absolute Gasteiger partial charge is 0.243 e. The first kappa shape index (κ1) is 24.8. The van der Waals surface area contributed by atoms with E-state index < -0.39 is 20.0 Å². The second-order valence-corrected chi connectivity index (χ2v) is 12.7. The molecule has 1 N–H and O–H groups in total. The van der Waals surface area contributed by atoms with E-state index in [4.69, 9.17) is 0 Å². The Hall–Kier alpha value is -2.27. The summed E-state index contributed by atoms with van der Waals surface area (Å²) in [6, 6.07) is 15.1. The fraction of sp³-hybridized carbons (Fsp3) is 0.458. The Labute approximate surface area is 202 Å².